The first kappa shape index (κ1) is 26.6. The van der Waals surface area contributed by atoms with Crippen molar-refractivity contribution in [1.82, 2.24) is 0 Å². The summed E-state index contributed by atoms with van der Waals surface area (Å²) >= 11 is 0. The summed E-state index contributed by atoms with van der Waals surface area (Å²) < 4.78 is 5.76. The highest BCUT2D eigenvalue weighted by atomic mass is 16.5. The predicted octanol–water partition coefficient (Wildman–Crippen LogP) is 5.66. The molecule has 0 unspecified atom stereocenters. The van der Waals surface area contributed by atoms with E-state index in [1.807, 2.05) is 56.3 Å². The number of carbonyl (C=O) groups excluding carboxylic acids is 4. The molecule has 218 valence electrons. The van der Waals surface area contributed by atoms with Crippen molar-refractivity contribution in [3.8, 4) is 5.75 Å². The summed E-state index contributed by atoms with van der Waals surface area (Å²) in [6.45, 7) is 4.15. The van der Waals surface area contributed by atoms with Crippen LogP contribution < -0.4 is 14.5 Å². The molecule has 0 N–H and O–H groups in total. The van der Waals surface area contributed by atoms with Crippen LogP contribution in [0.3, 0.4) is 0 Å². The van der Waals surface area contributed by atoms with Crippen LogP contribution in [0.5, 0.6) is 5.75 Å². The third-order valence-corrected chi connectivity index (χ3v) is 9.86. The van der Waals surface area contributed by atoms with Crippen molar-refractivity contribution in [3.05, 3.63) is 124 Å². The quantitative estimate of drug-likeness (QED) is 0.176. The van der Waals surface area contributed by atoms with E-state index in [1.54, 1.807) is 29.2 Å². The molecule has 0 saturated carbocycles. The minimum absolute atomic E-state index is 0.0578. The summed E-state index contributed by atoms with van der Waals surface area (Å²) in [6.07, 6.45) is 0.0578. The predicted molar refractivity (Wildman–Crippen MR) is 164 cm³/mol. The summed E-state index contributed by atoms with van der Waals surface area (Å²) in [5.41, 5.74) is 7.64. The average molecular weight is 583 g/mol. The molecule has 2 saturated heterocycles. The molecule has 3 aliphatic carbocycles. The lowest BCUT2D eigenvalue weighted by atomic mass is 9.55. The van der Waals surface area contributed by atoms with Crippen molar-refractivity contribution in [1.29, 1.82) is 0 Å². The van der Waals surface area contributed by atoms with E-state index in [1.165, 1.54) is 4.90 Å². The number of amides is 3. The minimum atomic E-state index is -0.628. The first-order valence-electron chi connectivity index (χ1n) is 15.1. The molecule has 2 fully saturated rings. The number of benzene rings is 4. The maximum Gasteiger partial charge on any atom is 0.316 e. The van der Waals surface area contributed by atoms with Crippen molar-refractivity contribution in [2.45, 2.75) is 32.1 Å². The van der Waals surface area contributed by atoms with Gasteiger partial charge in [0.15, 0.2) is 0 Å². The zero-order chi connectivity index (χ0) is 30.3. The lowest BCUT2D eigenvalue weighted by Gasteiger charge is -2.45. The third kappa shape index (κ3) is 3.81. The molecule has 4 aromatic rings. The fourth-order valence-corrected chi connectivity index (χ4v) is 7.93. The molecule has 3 atom stereocenters. The number of hydrogen-bond donors (Lipinski definition) is 0. The van der Waals surface area contributed by atoms with Crippen molar-refractivity contribution < 1.29 is 23.9 Å². The standard InChI is InChI=1S/C37H30N2O5/c1-20-14-15-21(2)29(16-20)38-19-22(17-30(38)40)37(43)44-24-9-7-8-23(18-24)39-35(41)33-31-25-10-3-4-11-26(25)32(34(33)36(39)42)28-13-6-5-12-27(28)31/h3-16,18,22,31-34H,17,19H2,1-2H3/t22-,31?,32?,33-,34-/m1/s1. The van der Waals surface area contributed by atoms with Crippen LogP contribution in [0.1, 0.15) is 51.6 Å². The Bertz CT molecular complexity index is 1800. The number of rotatable bonds is 4. The van der Waals surface area contributed by atoms with Gasteiger partial charge in [-0.1, -0.05) is 66.7 Å². The smallest absolute Gasteiger partial charge is 0.316 e. The number of esters is 1. The van der Waals surface area contributed by atoms with Gasteiger partial charge in [0.25, 0.3) is 0 Å². The normalized spacial score (nSPS) is 24.8. The third-order valence-electron chi connectivity index (χ3n) is 9.86. The van der Waals surface area contributed by atoms with Gasteiger partial charge in [-0.25, -0.2) is 4.90 Å². The van der Waals surface area contributed by atoms with Gasteiger partial charge < -0.3 is 9.64 Å². The molecule has 0 spiro atoms. The van der Waals surface area contributed by atoms with E-state index >= 15 is 0 Å². The molecule has 4 aromatic carbocycles. The molecular weight excluding hydrogens is 552 g/mol. The van der Waals surface area contributed by atoms with E-state index in [-0.39, 0.29) is 48.3 Å². The highest BCUT2D eigenvalue weighted by molar-refractivity contribution is 6.23. The highest BCUT2D eigenvalue weighted by Crippen LogP contribution is 2.61. The topological polar surface area (TPSA) is 84.0 Å². The zero-order valence-corrected chi connectivity index (χ0v) is 24.4. The van der Waals surface area contributed by atoms with Gasteiger partial charge in [-0.15, -0.1) is 0 Å². The molecule has 7 heteroatoms. The van der Waals surface area contributed by atoms with Crippen LogP contribution in [0.4, 0.5) is 11.4 Å². The van der Waals surface area contributed by atoms with E-state index in [0.717, 1.165) is 39.1 Å². The van der Waals surface area contributed by atoms with Crippen LogP contribution in [0.15, 0.2) is 91.0 Å². The van der Waals surface area contributed by atoms with E-state index in [2.05, 4.69) is 24.3 Å². The maximum atomic E-state index is 14.1. The Kier molecular flexibility index (Phi) is 5.88. The van der Waals surface area contributed by atoms with E-state index in [9.17, 15) is 19.2 Å². The second-order valence-corrected chi connectivity index (χ2v) is 12.4. The van der Waals surface area contributed by atoms with Crippen LogP contribution in [-0.4, -0.2) is 30.2 Å². The van der Waals surface area contributed by atoms with Gasteiger partial charge in [-0.2, -0.15) is 0 Å². The average Bonchev–Trinajstić information content (AvgIpc) is 3.55. The van der Waals surface area contributed by atoms with E-state index in [4.69, 9.17) is 4.74 Å². The zero-order valence-electron chi connectivity index (χ0n) is 24.4. The number of carbonyl (C=O) groups is 4. The van der Waals surface area contributed by atoms with Gasteiger partial charge in [-0.05, 0) is 65.4 Å². The molecule has 7 nitrogen and oxygen atoms in total. The molecule has 3 amide bonds. The second-order valence-electron chi connectivity index (χ2n) is 12.4. The van der Waals surface area contributed by atoms with Crippen LogP contribution >= 0.6 is 0 Å². The van der Waals surface area contributed by atoms with Crippen molar-refractivity contribution >= 4 is 35.1 Å². The van der Waals surface area contributed by atoms with Crippen molar-refractivity contribution in [2.75, 3.05) is 16.3 Å². The summed E-state index contributed by atoms with van der Waals surface area (Å²) in [6, 6.07) is 28.8. The fourth-order valence-electron chi connectivity index (χ4n) is 7.93. The largest absolute Gasteiger partial charge is 0.426 e. The lowest BCUT2D eigenvalue weighted by molar-refractivity contribution is -0.139. The van der Waals surface area contributed by atoms with Gasteiger partial charge in [0.2, 0.25) is 17.7 Å². The number of anilines is 2. The minimum Gasteiger partial charge on any atom is -0.426 e. The van der Waals surface area contributed by atoms with Crippen LogP contribution in [0, 0.1) is 31.6 Å². The van der Waals surface area contributed by atoms with Crippen LogP contribution in [0.25, 0.3) is 0 Å². The monoisotopic (exact) mass is 582 g/mol. The number of aryl methyl sites for hydroxylation is 2. The van der Waals surface area contributed by atoms with Gasteiger partial charge in [-0.3, -0.25) is 19.2 Å². The van der Waals surface area contributed by atoms with E-state index < -0.39 is 23.7 Å². The molecular formula is C37H30N2O5. The molecule has 44 heavy (non-hydrogen) atoms. The molecule has 2 heterocycles. The van der Waals surface area contributed by atoms with Gasteiger partial charge in [0.05, 0.1) is 23.4 Å². The molecule has 2 aliphatic heterocycles. The number of imide groups is 1. The fraction of sp³-hybridized carbons (Fsp3) is 0.243. The summed E-state index contributed by atoms with van der Waals surface area (Å²) in [7, 11) is 0. The Morgan fingerprint density at radius 3 is 1.91 bits per heavy atom. The Hall–Kier alpha value is -5.04. The Morgan fingerprint density at radius 2 is 1.32 bits per heavy atom. The lowest BCUT2D eigenvalue weighted by Crippen LogP contribution is -2.41. The Labute approximate surface area is 255 Å². The Morgan fingerprint density at radius 1 is 0.727 bits per heavy atom. The van der Waals surface area contributed by atoms with Gasteiger partial charge >= 0.3 is 5.97 Å². The second kappa shape index (κ2) is 9.74. The number of hydrogen-bond acceptors (Lipinski definition) is 5. The molecule has 0 aromatic heterocycles. The van der Waals surface area contributed by atoms with Crippen molar-refractivity contribution in [3.63, 3.8) is 0 Å². The van der Waals surface area contributed by atoms with E-state index in [0.29, 0.717) is 5.69 Å². The molecule has 0 radical (unpaired) electrons. The summed E-state index contributed by atoms with van der Waals surface area (Å²) in [5.74, 6) is -2.87. The van der Waals surface area contributed by atoms with Gasteiger partial charge in [0, 0.05) is 36.6 Å². The molecule has 2 bridgehead atoms. The Balaban J connectivity index is 1.06. The SMILES string of the molecule is Cc1ccc(C)c(N2C[C@H](C(=O)Oc3cccc(N4C(=O)[C@@H]5C6c7ccccc7C(c7ccccc76)[C@H]5C4=O)c3)CC2=O)c1. The molecule has 9 rings (SSSR count). The maximum absolute atomic E-state index is 14.1. The number of nitrogens with zero attached hydrogens (tertiary/aromatic N) is 2. The summed E-state index contributed by atoms with van der Waals surface area (Å²) in [5, 5.41) is 0. The first-order chi connectivity index (χ1) is 21.3. The van der Waals surface area contributed by atoms with Crippen molar-refractivity contribution in [2.24, 2.45) is 17.8 Å². The van der Waals surface area contributed by atoms with Crippen LogP contribution in [0.2, 0.25) is 0 Å². The number of ether oxygens (including phenoxy) is 1. The summed E-state index contributed by atoms with van der Waals surface area (Å²) in [4.78, 5) is 57.3. The first-order valence-corrected chi connectivity index (χ1v) is 15.1. The highest BCUT2D eigenvalue weighted by Gasteiger charge is 2.61. The van der Waals surface area contributed by atoms with Crippen LogP contribution in [-0.2, 0) is 19.2 Å². The molecule has 5 aliphatic rings. The van der Waals surface area contributed by atoms with Gasteiger partial charge in [0.1, 0.15) is 5.75 Å².